The van der Waals surface area contributed by atoms with Crippen molar-refractivity contribution < 1.29 is 18.7 Å². The minimum atomic E-state index is -0.453. The monoisotopic (exact) mass is 400 g/mol. The van der Waals surface area contributed by atoms with Crippen molar-refractivity contribution in [1.82, 2.24) is 10.2 Å². The Morgan fingerprint density at radius 2 is 1.66 bits per heavy atom. The van der Waals surface area contributed by atoms with Crippen LogP contribution in [-0.4, -0.2) is 43.1 Å². The standard InChI is InChI=1S/C23H29FN2O3/c1-25-22(28)29-20-12-26(13-20)21(27)11-23(16-2-4-19(24)5-3-16)17-7-14-6-15(9-17)10-18(23)8-14/h2-5,14-15,17-18,20H,6-13H2,1H3,(H,25,28). The van der Waals surface area contributed by atoms with E-state index in [1.165, 1.54) is 39.2 Å². The Kier molecular flexibility index (Phi) is 4.56. The van der Waals surface area contributed by atoms with Crippen LogP contribution in [-0.2, 0) is 14.9 Å². The summed E-state index contributed by atoms with van der Waals surface area (Å²) in [7, 11) is 1.53. The molecule has 0 atom stereocenters. The van der Waals surface area contributed by atoms with Gasteiger partial charge in [-0.05, 0) is 73.5 Å². The Morgan fingerprint density at radius 1 is 1.07 bits per heavy atom. The highest BCUT2D eigenvalue weighted by Gasteiger charge is 2.58. The normalized spacial score (nSPS) is 35.3. The van der Waals surface area contributed by atoms with Gasteiger partial charge in [0, 0.05) is 18.9 Å². The van der Waals surface area contributed by atoms with Gasteiger partial charge < -0.3 is 15.0 Å². The van der Waals surface area contributed by atoms with Gasteiger partial charge in [0.2, 0.25) is 5.91 Å². The van der Waals surface area contributed by atoms with Gasteiger partial charge in [-0.15, -0.1) is 0 Å². The summed E-state index contributed by atoms with van der Waals surface area (Å²) in [6.07, 6.45) is 5.94. The summed E-state index contributed by atoms with van der Waals surface area (Å²) in [5.74, 6) is 2.53. The minimum absolute atomic E-state index is 0.138. The average Bonchev–Trinajstić information content (AvgIpc) is 2.67. The van der Waals surface area contributed by atoms with Gasteiger partial charge in [-0.3, -0.25) is 4.79 Å². The first-order valence-electron chi connectivity index (χ1n) is 10.9. The second-order valence-electron chi connectivity index (χ2n) is 9.60. The third kappa shape index (κ3) is 3.11. The molecule has 1 aromatic carbocycles. The van der Waals surface area contributed by atoms with Gasteiger partial charge in [-0.2, -0.15) is 0 Å². The van der Waals surface area contributed by atoms with Crippen molar-refractivity contribution in [1.29, 1.82) is 0 Å². The second kappa shape index (κ2) is 6.99. The van der Waals surface area contributed by atoms with E-state index < -0.39 is 6.09 Å². The second-order valence-corrected chi connectivity index (χ2v) is 9.60. The molecule has 0 unspecified atom stereocenters. The molecule has 0 spiro atoms. The van der Waals surface area contributed by atoms with Crippen molar-refractivity contribution in [2.24, 2.45) is 23.7 Å². The van der Waals surface area contributed by atoms with E-state index in [4.69, 9.17) is 4.74 Å². The van der Waals surface area contributed by atoms with Gasteiger partial charge in [-0.1, -0.05) is 12.1 Å². The van der Waals surface area contributed by atoms with E-state index in [0.29, 0.717) is 31.3 Å². The number of hydrogen-bond acceptors (Lipinski definition) is 3. The van der Waals surface area contributed by atoms with Gasteiger partial charge in [0.05, 0.1) is 13.1 Å². The maximum atomic E-state index is 13.6. The number of likely N-dealkylation sites (tertiary alicyclic amines) is 1. The molecule has 1 heterocycles. The topological polar surface area (TPSA) is 58.6 Å². The van der Waals surface area contributed by atoms with Crippen LogP contribution >= 0.6 is 0 Å². The molecular weight excluding hydrogens is 371 g/mol. The zero-order valence-corrected chi connectivity index (χ0v) is 16.9. The summed E-state index contributed by atoms with van der Waals surface area (Å²) in [5, 5.41) is 2.45. The predicted octanol–water partition coefficient (Wildman–Crippen LogP) is 3.48. The molecule has 5 nitrogen and oxygen atoms in total. The molecule has 0 radical (unpaired) electrons. The average molecular weight is 400 g/mol. The maximum Gasteiger partial charge on any atom is 0.407 e. The first kappa shape index (κ1) is 18.9. The molecule has 29 heavy (non-hydrogen) atoms. The molecule has 1 saturated heterocycles. The number of nitrogens with zero attached hydrogens (tertiary/aromatic N) is 1. The van der Waals surface area contributed by atoms with E-state index in [1.54, 1.807) is 12.1 Å². The summed E-state index contributed by atoms with van der Waals surface area (Å²) in [5.41, 5.74) is 0.963. The summed E-state index contributed by atoms with van der Waals surface area (Å²) < 4.78 is 18.9. The van der Waals surface area contributed by atoms with E-state index in [1.807, 2.05) is 17.0 Å². The van der Waals surface area contributed by atoms with Crippen LogP contribution in [0.3, 0.4) is 0 Å². The maximum absolute atomic E-state index is 13.6. The Bertz CT molecular complexity index is 775. The molecule has 1 aromatic rings. The molecule has 6 rings (SSSR count). The van der Waals surface area contributed by atoms with Crippen molar-refractivity contribution in [3.05, 3.63) is 35.6 Å². The van der Waals surface area contributed by atoms with E-state index in [2.05, 4.69) is 5.32 Å². The van der Waals surface area contributed by atoms with Crippen LogP contribution in [0, 0.1) is 29.5 Å². The largest absolute Gasteiger partial charge is 0.442 e. The molecule has 0 aromatic heterocycles. The number of nitrogens with one attached hydrogen (secondary N) is 1. The molecule has 2 amide bonds. The quantitative estimate of drug-likeness (QED) is 0.842. The van der Waals surface area contributed by atoms with Crippen LogP contribution in [0.2, 0.25) is 0 Å². The van der Waals surface area contributed by atoms with Crippen LogP contribution < -0.4 is 5.32 Å². The molecule has 156 valence electrons. The minimum Gasteiger partial charge on any atom is -0.442 e. The number of carbonyl (C=O) groups is 2. The van der Waals surface area contributed by atoms with Crippen molar-refractivity contribution in [3.8, 4) is 0 Å². The zero-order chi connectivity index (χ0) is 20.2. The summed E-state index contributed by atoms with van der Waals surface area (Å²) in [4.78, 5) is 26.4. The number of carbonyl (C=O) groups excluding carboxylic acids is 2. The summed E-state index contributed by atoms with van der Waals surface area (Å²) in [6, 6.07) is 6.92. The molecule has 4 saturated carbocycles. The lowest BCUT2D eigenvalue weighted by molar-refractivity contribution is -0.148. The highest BCUT2D eigenvalue weighted by atomic mass is 19.1. The van der Waals surface area contributed by atoms with E-state index in [9.17, 15) is 14.0 Å². The lowest BCUT2D eigenvalue weighted by atomic mass is 9.43. The van der Waals surface area contributed by atoms with Crippen LogP contribution in [0.25, 0.3) is 0 Å². The van der Waals surface area contributed by atoms with Crippen LogP contribution in [0.15, 0.2) is 24.3 Å². The number of hydrogen-bond donors (Lipinski definition) is 1. The number of ether oxygens (including phenoxy) is 1. The van der Waals surface area contributed by atoms with Crippen molar-refractivity contribution >= 4 is 12.0 Å². The van der Waals surface area contributed by atoms with E-state index in [0.717, 1.165) is 17.4 Å². The Hall–Kier alpha value is -2.11. The molecule has 6 heteroatoms. The Labute approximate surface area is 171 Å². The third-order valence-electron chi connectivity index (χ3n) is 8.10. The molecule has 1 N–H and O–H groups in total. The van der Waals surface area contributed by atoms with Crippen molar-refractivity contribution in [3.63, 3.8) is 0 Å². The fraction of sp³-hybridized carbons (Fsp3) is 0.652. The zero-order valence-electron chi connectivity index (χ0n) is 16.9. The van der Waals surface area contributed by atoms with Gasteiger partial charge in [-0.25, -0.2) is 9.18 Å². The van der Waals surface area contributed by atoms with Gasteiger partial charge >= 0.3 is 6.09 Å². The summed E-state index contributed by atoms with van der Waals surface area (Å²) >= 11 is 0. The number of alkyl carbamates (subject to hydrolysis) is 1. The van der Waals surface area contributed by atoms with Crippen LogP contribution in [0.4, 0.5) is 9.18 Å². The fourth-order valence-electron chi connectivity index (χ4n) is 6.94. The molecule has 5 aliphatic rings. The lowest BCUT2D eigenvalue weighted by Gasteiger charge is -2.62. The SMILES string of the molecule is CNC(=O)OC1CN(C(=O)CC2(c3ccc(F)cc3)C3CC4CC(C3)CC2C4)C1. The fourth-order valence-corrected chi connectivity index (χ4v) is 6.94. The number of benzene rings is 1. The number of halogens is 1. The lowest BCUT2D eigenvalue weighted by Crippen LogP contribution is -2.60. The van der Waals surface area contributed by atoms with Crippen LogP contribution in [0.1, 0.15) is 44.1 Å². The Balaban J connectivity index is 1.37. The van der Waals surface area contributed by atoms with Gasteiger partial charge in [0.1, 0.15) is 11.9 Å². The highest BCUT2D eigenvalue weighted by molar-refractivity contribution is 5.79. The first-order chi connectivity index (χ1) is 14.0. The molecular formula is C23H29FN2O3. The van der Waals surface area contributed by atoms with E-state index in [-0.39, 0.29) is 23.2 Å². The van der Waals surface area contributed by atoms with Gasteiger partial charge in [0.15, 0.2) is 0 Å². The first-order valence-corrected chi connectivity index (χ1v) is 10.9. The Morgan fingerprint density at radius 3 is 2.21 bits per heavy atom. The smallest absolute Gasteiger partial charge is 0.407 e. The van der Waals surface area contributed by atoms with Crippen molar-refractivity contribution in [2.45, 2.75) is 50.0 Å². The van der Waals surface area contributed by atoms with Crippen molar-refractivity contribution in [2.75, 3.05) is 20.1 Å². The highest BCUT2D eigenvalue weighted by Crippen LogP contribution is 2.64. The van der Waals surface area contributed by atoms with Crippen LogP contribution in [0.5, 0.6) is 0 Å². The van der Waals surface area contributed by atoms with E-state index >= 15 is 0 Å². The molecule has 1 aliphatic heterocycles. The molecule has 4 bridgehead atoms. The number of rotatable bonds is 4. The molecule has 4 aliphatic carbocycles. The third-order valence-corrected chi connectivity index (χ3v) is 8.10. The predicted molar refractivity (Wildman–Crippen MR) is 106 cm³/mol. The number of amides is 2. The summed E-state index contributed by atoms with van der Waals surface area (Å²) in [6.45, 7) is 0.929. The van der Waals surface area contributed by atoms with Gasteiger partial charge in [0.25, 0.3) is 0 Å². The molecule has 5 fully saturated rings.